The lowest BCUT2D eigenvalue weighted by Gasteiger charge is -2.09. The molecule has 0 amide bonds. The number of ether oxygens (including phenoxy) is 1. The van der Waals surface area contributed by atoms with Crippen LogP contribution in [0.25, 0.3) is 0 Å². The van der Waals surface area contributed by atoms with Crippen molar-refractivity contribution in [2.75, 3.05) is 25.5 Å². The molecule has 16 heavy (non-hydrogen) atoms. The first kappa shape index (κ1) is 11.8. The molecular weight excluding hydrogens is 222 g/mol. The van der Waals surface area contributed by atoms with Gasteiger partial charge < -0.3 is 10.1 Å². The Balaban J connectivity index is 1.71. The molecule has 2 unspecified atom stereocenters. The predicted molar refractivity (Wildman–Crippen MR) is 64.9 cm³/mol. The van der Waals surface area contributed by atoms with E-state index >= 15 is 0 Å². The molecule has 2 atom stereocenters. The summed E-state index contributed by atoms with van der Waals surface area (Å²) in [5, 5.41) is 3.36. The minimum Gasteiger partial charge on any atom is -0.380 e. The Morgan fingerprint density at radius 2 is 2.19 bits per heavy atom. The highest BCUT2D eigenvalue weighted by Gasteiger charge is 2.14. The summed E-state index contributed by atoms with van der Waals surface area (Å²) in [5.41, 5.74) is 0. The second-order valence-electron chi connectivity index (χ2n) is 3.88. The van der Waals surface area contributed by atoms with Gasteiger partial charge >= 0.3 is 0 Å². The molecule has 1 saturated heterocycles. The summed E-state index contributed by atoms with van der Waals surface area (Å²) in [5.74, 6) is 0.667. The van der Waals surface area contributed by atoms with Gasteiger partial charge in [-0.15, -0.1) is 0 Å². The zero-order chi connectivity index (χ0) is 11.2. The normalized spacial score (nSPS) is 22.1. The number of nitrogens with one attached hydrogen (secondary N) is 1. The Kier molecular flexibility index (Phi) is 4.51. The highest BCUT2D eigenvalue weighted by Crippen LogP contribution is 2.06. The highest BCUT2D eigenvalue weighted by atomic mass is 32.2. The minimum absolute atomic E-state index is 0.452. The Hall–Kier alpha value is -0.710. The maximum atomic E-state index is 11.9. The Labute approximate surface area is 98.7 Å². The third-order valence-electron chi connectivity index (χ3n) is 2.66. The fourth-order valence-corrected chi connectivity index (χ4v) is 2.74. The van der Waals surface area contributed by atoms with E-state index in [0.29, 0.717) is 11.8 Å². The molecule has 0 radical (unpaired) electrons. The van der Waals surface area contributed by atoms with Crippen LogP contribution in [-0.4, -0.2) is 35.8 Å². The lowest BCUT2D eigenvalue weighted by Crippen LogP contribution is -2.32. The maximum Gasteiger partial charge on any atom is 0.0620 e. The van der Waals surface area contributed by atoms with E-state index in [-0.39, 0.29) is 0 Å². The van der Waals surface area contributed by atoms with Crippen molar-refractivity contribution in [2.45, 2.75) is 17.4 Å². The smallest absolute Gasteiger partial charge is 0.0620 e. The van der Waals surface area contributed by atoms with Crippen molar-refractivity contribution < 1.29 is 8.95 Å². The summed E-state index contributed by atoms with van der Waals surface area (Å²) in [6, 6.07) is 10.1. The molecule has 1 heterocycles. The van der Waals surface area contributed by atoms with Gasteiger partial charge in [0.15, 0.2) is 0 Å². The first-order valence-electron chi connectivity index (χ1n) is 5.61. The molecule has 1 aromatic rings. The zero-order valence-electron chi connectivity index (χ0n) is 9.22. The van der Waals surface area contributed by atoms with Gasteiger partial charge in [0.2, 0.25) is 0 Å². The van der Waals surface area contributed by atoms with Gasteiger partial charge in [0.1, 0.15) is 0 Å². The van der Waals surface area contributed by atoms with Crippen LogP contribution in [0, 0.1) is 0 Å². The van der Waals surface area contributed by atoms with Gasteiger partial charge in [-0.25, -0.2) is 0 Å². The number of hydrogen-bond donors (Lipinski definition) is 1. The highest BCUT2D eigenvalue weighted by molar-refractivity contribution is 7.85. The summed E-state index contributed by atoms with van der Waals surface area (Å²) in [6.07, 6.45) is 1.07. The SMILES string of the molecule is O=S(CCNC1CCOC1)c1ccccc1. The molecule has 1 aliphatic rings. The first-order chi connectivity index (χ1) is 7.86. The predicted octanol–water partition coefficient (Wildman–Crippen LogP) is 1.17. The third kappa shape index (κ3) is 3.40. The van der Waals surface area contributed by atoms with Crippen LogP contribution in [-0.2, 0) is 15.5 Å². The van der Waals surface area contributed by atoms with Gasteiger partial charge in [0, 0.05) is 29.8 Å². The van der Waals surface area contributed by atoms with Gasteiger partial charge in [-0.3, -0.25) is 4.21 Å². The fourth-order valence-electron chi connectivity index (χ4n) is 1.74. The molecule has 1 aliphatic heterocycles. The van der Waals surface area contributed by atoms with Gasteiger partial charge in [-0.05, 0) is 18.6 Å². The first-order valence-corrected chi connectivity index (χ1v) is 6.93. The van der Waals surface area contributed by atoms with Crippen molar-refractivity contribution in [3.05, 3.63) is 30.3 Å². The van der Waals surface area contributed by atoms with E-state index in [1.807, 2.05) is 30.3 Å². The van der Waals surface area contributed by atoms with Crippen LogP contribution in [0.2, 0.25) is 0 Å². The fraction of sp³-hybridized carbons (Fsp3) is 0.500. The molecule has 1 aromatic carbocycles. The lowest BCUT2D eigenvalue weighted by atomic mass is 10.3. The third-order valence-corrected chi connectivity index (χ3v) is 4.03. The molecule has 0 spiro atoms. The second kappa shape index (κ2) is 6.13. The average Bonchev–Trinajstić information content (AvgIpc) is 2.83. The number of hydrogen-bond acceptors (Lipinski definition) is 3. The summed E-state index contributed by atoms with van der Waals surface area (Å²) in [6.45, 7) is 2.42. The van der Waals surface area contributed by atoms with Crippen LogP contribution in [0.1, 0.15) is 6.42 Å². The monoisotopic (exact) mass is 239 g/mol. The van der Waals surface area contributed by atoms with Crippen LogP contribution >= 0.6 is 0 Å². The molecule has 3 nitrogen and oxygen atoms in total. The molecule has 0 aliphatic carbocycles. The standard InChI is InChI=1S/C12H17NO2S/c14-16(12-4-2-1-3-5-12)9-7-13-11-6-8-15-10-11/h1-5,11,13H,6-10H2. The average molecular weight is 239 g/mol. The van der Waals surface area contributed by atoms with Crippen molar-refractivity contribution in [1.82, 2.24) is 5.32 Å². The maximum absolute atomic E-state index is 11.9. The molecular formula is C12H17NO2S. The van der Waals surface area contributed by atoms with Crippen molar-refractivity contribution in [3.8, 4) is 0 Å². The Morgan fingerprint density at radius 1 is 1.38 bits per heavy atom. The van der Waals surface area contributed by atoms with E-state index in [4.69, 9.17) is 4.74 Å². The molecule has 4 heteroatoms. The molecule has 88 valence electrons. The van der Waals surface area contributed by atoms with Crippen molar-refractivity contribution >= 4 is 10.8 Å². The summed E-state index contributed by atoms with van der Waals surface area (Å²) in [7, 11) is -0.887. The van der Waals surface area contributed by atoms with Crippen LogP contribution in [0.15, 0.2) is 35.2 Å². The molecule has 1 fully saturated rings. The van der Waals surface area contributed by atoms with Crippen LogP contribution in [0.3, 0.4) is 0 Å². The molecule has 0 aromatic heterocycles. The Morgan fingerprint density at radius 3 is 2.88 bits per heavy atom. The number of rotatable bonds is 5. The Bertz CT molecular complexity index is 336. The van der Waals surface area contributed by atoms with Crippen LogP contribution < -0.4 is 5.32 Å². The molecule has 0 saturated carbocycles. The van der Waals surface area contributed by atoms with Crippen molar-refractivity contribution in [1.29, 1.82) is 0 Å². The number of benzene rings is 1. The minimum atomic E-state index is -0.887. The molecule has 2 rings (SSSR count). The summed E-state index contributed by atoms with van der Waals surface area (Å²) in [4.78, 5) is 0.909. The molecule has 0 bridgehead atoms. The van der Waals surface area contributed by atoms with E-state index in [1.54, 1.807) is 0 Å². The summed E-state index contributed by atoms with van der Waals surface area (Å²) >= 11 is 0. The van der Waals surface area contributed by atoms with Crippen LogP contribution in [0.5, 0.6) is 0 Å². The van der Waals surface area contributed by atoms with Gasteiger partial charge in [-0.2, -0.15) is 0 Å². The second-order valence-corrected chi connectivity index (χ2v) is 5.45. The van der Waals surface area contributed by atoms with E-state index in [9.17, 15) is 4.21 Å². The molecule has 1 N–H and O–H groups in total. The van der Waals surface area contributed by atoms with E-state index in [2.05, 4.69) is 5.32 Å². The van der Waals surface area contributed by atoms with E-state index < -0.39 is 10.8 Å². The van der Waals surface area contributed by atoms with E-state index in [0.717, 1.165) is 31.1 Å². The van der Waals surface area contributed by atoms with Gasteiger partial charge in [-0.1, -0.05) is 18.2 Å². The van der Waals surface area contributed by atoms with Gasteiger partial charge in [0.25, 0.3) is 0 Å². The van der Waals surface area contributed by atoms with Crippen LogP contribution in [0.4, 0.5) is 0 Å². The topological polar surface area (TPSA) is 38.3 Å². The zero-order valence-corrected chi connectivity index (χ0v) is 10.0. The van der Waals surface area contributed by atoms with E-state index in [1.165, 1.54) is 0 Å². The quantitative estimate of drug-likeness (QED) is 0.838. The van der Waals surface area contributed by atoms with Crippen molar-refractivity contribution in [2.24, 2.45) is 0 Å². The largest absolute Gasteiger partial charge is 0.380 e. The van der Waals surface area contributed by atoms with Gasteiger partial charge in [0.05, 0.1) is 17.4 Å². The lowest BCUT2D eigenvalue weighted by molar-refractivity contribution is 0.190. The summed E-state index contributed by atoms with van der Waals surface area (Å²) < 4.78 is 17.1. The van der Waals surface area contributed by atoms with Crippen molar-refractivity contribution in [3.63, 3.8) is 0 Å².